The van der Waals surface area contributed by atoms with Gasteiger partial charge < -0.3 is 14.0 Å². The molecule has 1 rings (SSSR count). The molecule has 0 spiro atoms. The second kappa shape index (κ2) is 7.65. The highest BCUT2D eigenvalue weighted by Gasteiger charge is 2.14. The van der Waals surface area contributed by atoms with Crippen molar-refractivity contribution in [1.29, 1.82) is 0 Å². The summed E-state index contributed by atoms with van der Waals surface area (Å²) in [6.45, 7) is 3.73. The van der Waals surface area contributed by atoms with E-state index in [2.05, 4.69) is 21.0 Å². The maximum atomic E-state index is 11.6. The second-order valence-electron chi connectivity index (χ2n) is 5.14. The molecule has 0 aliphatic rings. The molecule has 0 heterocycles. The fourth-order valence-electron chi connectivity index (χ4n) is 1.39. The zero-order valence-corrected chi connectivity index (χ0v) is 12.3. The highest BCUT2D eigenvalue weighted by molar-refractivity contribution is 5.90. The summed E-state index contributed by atoms with van der Waals surface area (Å²) in [5, 5.41) is 0. The van der Waals surface area contributed by atoms with Crippen LogP contribution in [0.5, 0.6) is 0 Å². The lowest BCUT2D eigenvalue weighted by molar-refractivity contribution is -0.888. The van der Waals surface area contributed by atoms with Crippen molar-refractivity contribution in [3.63, 3.8) is 0 Å². The van der Waals surface area contributed by atoms with Crippen LogP contribution in [0.3, 0.4) is 0 Å². The van der Waals surface area contributed by atoms with Gasteiger partial charge in [0.05, 0.1) is 26.2 Å². The van der Waals surface area contributed by atoms with E-state index < -0.39 is 11.9 Å². The van der Waals surface area contributed by atoms with Crippen LogP contribution in [0, 0.1) is 0 Å². The van der Waals surface area contributed by atoms with Gasteiger partial charge in [0, 0.05) is 0 Å². The summed E-state index contributed by atoms with van der Waals surface area (Å²) in [7, 11) is 4.12. The van der Waals surface area contributed by atoms with Crippen molar-refractivity contribution in [2.24, 2.45) is 0 Å². The molecule has 0 radical (unpaired) electrons. The van der Waals surface area contributed by atoms with Crippen molar-refractivity contribution in [2.45, 2.75) is 6.92 Å². The molecule has 20 heavy (non-hydrogen) atoms. The maximum Gasteiger partial charge on any atom is 0.344 e. The Morgan fingerprint density at radius 1 is 1.10 bits per heavy atom. The van der Waals surface area contributed by atoms with Gasteiger partial charge >= 0.3 is 11.9 Å². The summed E-state index contributed by atoms with van der Waals surface area (Å²) < 4.78 is 10.7. The summed E-state index contributed by atoms with van der Waals surface area (Å²) in [5.41, 5.74) is 0.420. The second-order valence-corrected chi connectivity index (χ2v) is 5.14. The Labute approximate surface area is 119 Å². The van der Waals surface area contributed by atoms with E-state index in [1.807, 2.05) is 0 Å². The average Bonchev–Trinajstić information content (AvgIpc) is 2.45. The van der Waals surface area contributed by atoms with E-state index in [0.717, 1.165) is 17.6 Å². The van der Waals surface area contributed by atoms with E-state index in [1.54, 1.807) is 30.3 Å². The first-order chi connectivity index (χ1) is 9.44. The lowest BCUT2D eigenvalue weighted by Gasteiger charge is -2.27. The molecule has 0 saturated carbocycles. The van der Waals surface area contributed by atoms with Gasteiger partial charge in [0.15, 0.2) is 6.61 Å². The van der Waals surface area contributed by atoms with E-state index >= 15 is 0 Å². The van der Waals surface area contributed by atoms with E-state index in [4.69, 9.17) is 9.47 Å². The number of nitrogens with zero attached hydrogens (tertiary/aromatic N) is 1. The smallest absolute Gasteiger partial charge is 0.344 e. The molecule has 0 amide bonds. The van der Waals surface area contributed by atoms with Crippen LogP contribution < -0.4 is 0 Å². The predicted octanol–water partition coefficient (Wildman–Crippen LogP) is 1.48. The Bertz CT molecular complexity index is 442. The quantitative estimate of drug-likeness (QED) is 0.561. The molecular weight excluding hydrogens is 258 g/mol. The zero-order chi connectivity index (χ0) is 15.0. The Kier molecular flexibility index (Phi) is 6.18. The molecule has 0 N–H and O–H groups in total. The number of benzene rings is 1. The molecule has 110 valence electrons. The molecule has 0 unspecified atom stereocenters. The minimum atomic E-state index is -0.523. The predicted molar refractivity (Wildman–Crippen MR) is 75.2 cm³/mol. The van der Waals surface area contributed by atoms with Gasteiger partial charge in [0.2, 0.25) is 0 Å². The van der Waals surface area contributed by atoms with Crippen LogP contribution in [-0.2, 0) is 14.3 Å². The summed E-state index contributed by atoms with van der Waals surface area (Å²) >= 11 is 0. The molecule has 0 aliphatic carbocycles. The van der Waals surface area contributed by atoms with E-state index in [1.165, 1.54) is 0 Å². The van der Waals surface area contributed by atoms with Gasteiger partial charge in [0.25, 0.3) is 0 Å². The first kappa shape index (κ1) is 16.2. The number of esters is 2. The SMILES string of the molecule is CC[N+](C)(C)CCOC(=O)COC(=O)c1ccccc1. The van der Waals surface area contributed by atoms with Gasteiger partial charge in [-0.1, -0.05) is 18.2 Å². The number of ether oxygens (including phenoxy) is 2. The Balaban J connectivity index is 2.25. The lowest BCUT2D eigenvalue weighted by Crippen LogP contribution is -2.42. The summed E-state index contributed by atoms with van der Waals surface area (Å²) in [4.78, 5) is 23.0. The number of carbonyl (C=O) groups is 2. The van der Waals surface area contributed by atoms with Crippen molar-refractivity contribution in [3.8, 4) is 0 Å². The van der Waals surface area contributed by atoms with Crippen LogP contribution in [0.25, 0.3) is 0 Å². The van der Waals surface area contributed by atoms with Crippen molar-refractivity contribution < 1.29 is 23.5 Å². The van der Waals surface area contributed by atoms with Gasteiger partial charge in [-0.2, -0.15) is 0 Å². The number of hydrogen-bond acceptors (Lipinski definition) is 4. The minimum absolute atomic E-state index is 0.322. The molecule has 1 aromatic rings. The number of quaternary nitrogens is 1. The number of rotatable bonds is 7. The molecule has 0 saturated heterocycles. The molecule has 5 heteroatoms. The lowest BCUT2D eigenvalue weighted by atomic mass is 10.2. The minimum Gasteiger partial charge on any atom is -0.457 e. The molecule has 0 aromatic heterocycles. The molecule has 5 nitrogen and oxygen atoms in total. The van der Waals surface area contributed by atoms with Crippen molar-refractivity contribution >= 4 is 11.9 Å². The molecule has 0 aliphatic heterocycles. The topological polar surface area (TPSA) is 52.6 Å². The third kappa shape index (κ3) is 5.84. The van der Waals surface area contributed by atoms with E-state index in [9.17, 15) is 9.59 Å². The number of hydrogen-bond donors (Lipinski definition) is 0. The van der Waals surface area contributed by atoms with Crippen molar-refractivity contribution in [1.82, 2.24) is 0 Å². The monoisotopic (exact) mass is 280 g/mol. The summed E-state index contributed by atoms with van der Waals surface area (Å²) in [6.07, 6.45) is 0. The van der Waals surface area contributed by atoms with E-state index in [0.29, 0.717) is 12.2 Å². The average molecular weight is 280 g/mol. The normalized spacial score (nSPS) is 10.9. The number of carbonyl (C=O) groups excluding carboxylic acids is 2. The van der Waals surface area contributed by atoms with Crippen LogP contribution in [0.1, 0.15) is 17.3 Å². The largest absolute Gasteiger partial charge is 0.457 e. The van der Waals surface area contributed by atoms with Gasteiger partial charge in [-0.05, 0) is 19.1 Å². The highest BCUT2D eigenvalue weighted by Crippen LogP contribution is 2.01. The van der Waals surface area contributed by atoms with Gasteiger partial charge in [-0.15, -0.1) is 0 Å². The van der Waals surface area contributed by atoms with Gasteiger partial charge in [0.1, 0.15) is 13.2 Å². The molecule has 0 bridgehead atoms. The molecule has 1 aromatic carbocycles. The highest BCUT2D eigenvalue weighted by atomic mass is 16.6. The van der Waals surface area contributed by atoms with Crippen LogP contribution in [0.15, 0.2) is 30.3 Å². The van der Waals surface area contributed by atoms with Crippen LogP contribution in [0.4, 0.5) is 0 Å². The standard InChI is InChI=1S/C15H22NO4/c1-4-16(2,3)10-11-19-14(17)12-20-15(18)13-8-6-5-7-9-13/h5-9H,4,10-12H2,1-3H3/q+1. The molecule has 0 fully saturated rings. The van der Waals surface area contributed by atoms with Crippen LogP contribution >= 0.6 is 0 Å². The summed E-state index contributed by atoms with van der Waals surface area (Å²) in [6, 6.07) is 8.54. The maximum absolute atomic E-state index is 11.6. The van der Waals surface area contributed by atoms with Crippen molar-refractivity contribution in [2.75, 3.05) is 40.4 Å². The fraction of sp³-hybridized carbons (Fsp3) is 0.467. The first-order valence-corrected chi connectivity index (χ1v) is 6.64. The fourth-order valence-corrected chi connectivity index (χ4v) is 1.39. The summed E-state index contributed by atoms with van der Waals surface area (Å²) in [5.74, 6) is -1.04. The van der Waals surface area contributed by atoms with Gasteiger partial charge in [-0.25, -0.2) is 9.59 Å². The first-order valence-electron chi connectivity index (χ1n) is 6.64. The third-order valence-electron chi connectivity index (χ3n) is 3.15. The van der Waals surface area contributed by atoms with Gasteiger partial charge in [-0.3, -0.25) is 0 Å². The zero-order valence-electron chi connectivity index (χ0n) is 12.3. The van der Waals surface area contributed by atoms with Crippen LogP contribution in [0.2, 0.25) is 0 Å². The molecule has 0 atom stereocenters. The Morgan fingerprint density at radius 2 is 1.75 bits per heavy atom. The van der Waals surface area contributed by atoms with E-state index in [-0.39, 0.29) is 6.61 Å². The Morgan fingerprint density at radius 3 is 2.35 bits per heavy atom. The number of likely N-dealkylation sites (N-methyl/N-ethyl adjacent to an activating group) is 1. The molecular formula is C15H22NO4+. The third-order valence-corrected chi connectivity index (χ3v) is 3.15. The van der Waals surface area contributed by atoms with Crippen LogP contribution in [-0.4, -0.2) is 56.8 Å². The Hall–Kier alpha value is -1.88. The van der Waals surface area contributed by atoms with Crippen molar-refractivity contribution in [3.05, 3.63) is 35.9 Å².